The van der Waals surface area contributed by atoms with Gasteiger partial charge in [0, 0.05) is 12.5 Å². The summed E-state index contributed by atoms with van der Waals surface area (Å²) in [4.78, 5) is 15.1. The van der Waals surface area contributed by atoms with Gasteiger partial charge in [-0.1, -0.05) is 48.5 Å². The molecule has 2 aliphatic heterocycles. The Morgan fingerprint density at radius 3 is 2.57 bits per heavy atom. The number of carbonyl (C=O) groups excluding carboxylic acids is 1. The third-order valence-electron chi connectivity index (χ3n) is 5.86. The maximum absolute atomic E-state index is 12.8. The van der Waals surface area contributed by atoms with Crippen LogP contribution in [0.3, 0.4) is 0 Å². The number of amides is 1. The largest absolute Gasteiger partial charge is 0.497 e. The highest BCUT2D eigenvalue weighted by atomic mass is 16.5. The summed E-state index contributed by atoms with van der Waals surface area (Å²) in [5, 5.41) is 3.27. The Bertz CT molecular complexity index is 1030. The normalized spacial score (nSPS) is 19.9. The van der Waals surface area contributed by atoms with Crippen molar-refractivity contribution in [2.24, 2.45) is 0 Å². The van der Waals surface area contributed by atoms with Crippen LogP contribution in [0.15, 0.2) is 72.8 Å². The second kappa shape index (κ2) is 6.71. The molecule has 1 N–H and O–H groups in total. The smallest absolute Gasteiger partial charge is 0.254 e. The van der Waals surface area contributed by atoms with E-state index in [0.29, 0.717) is 0 Å². The highest BCUT2D eigenvalue weighted by molar-refractivity contribution is 6.02. The lowest BCUT2D eigenvalue weighted by molar-refractivity contribution is 0.0916. The number of para-hydroxylation sites is 1. The lowest BCUT2D eigenvalue weighted by Gasteiger charge is -2.47. The number of carbonyl (C=O) groups is 1. The predicted molar refractivity (Wildman–Crippen MR) is 110 cm³/mol. The zero-order valence-electron chi connectivity index (χ0n) is 15.8. The van der Waals surface area contributed by atoms with E-state index in [9.17, 15) is 4.79 Å². The van der Waals surface area contributed by atoms with Crippen molar-refractivity contribution in [2.75, 3.05) is 12.0 Å². The van der Waals surface area contributed by atoms with Gasteiger partial charge in [-0.2, -0.15) is 0 Å². The van der Waals surface area contributed by atoms with E-state index in [2.05, 4.69) is 52.7 Å². The van der Waals surface area contributed by atoms with Crippen LogP contribution < -0.4 is 15.0 Å². The first-order chi connectivity index (χ1) is 13.7. The summed E-state index contributed by atoms with van der Waals surface area (Å²) >= 11 is 0. The number of ether oxygens (including phenoxy) is 1. The zero-order chi connectivity index (χ0) is 19.1. The van der Waals surface area contributed by atoms with E-state index in [4.69, 9.17) is 4.74 Å². The zero-order valence-corrected chi connectivity index (χ0v) is 15.8. The minimum atomic E-state index is -0.0561. The van der Waals surface area contributed by atoms with Gasteiger partial charge in [0.05, 0.1) is 18.4 Å². The van der Waals surface area contributed by atoms with Crippen molar-refractivity contribution in [1.29, 1.82) is 0 Å². The van der Waals surface area contributed by atoms with Crippen LogP contribution in [0.4, 0.5) is 5.69 Å². The molecular formula is C24H22N2O2. The molecule has 3 aromatic rings. The van der Waals surface area contributed by atoms with Crippen LogP contribution in [0.2, 0.25) is 0 Å². The molecule has 0 saturated heterocycles. The minimum absolute atomic E-state index is 0.0102. The number of hydrogen-bond donors (Lipinski definition) is 1. The van der Waals surface area contributed by atoms with Crippen LogP contribution >= 0.6 is 0 Å². The van der Waals surface area contributed by atoms with E-state index in [-0.39, 0.29) is 18.0 Å². The molecule has 0 unspecified atom stereocenters. The molecule has 0 aromatic heterocycles. The van der Waals surface area contributed by atoms with E-state index in [1.807, 2.05) is 30.3 Å². The molecule has 140 valence electrons. The van der Waals surface area contributed by atoms with Gasteiger partial charge in [-0.15, -0.1) is 0 Å². The summed E-state index contributed by atoms with van der Waals surface area (Å²) in [7, 11) is 1.68. The Morgan fingerprint density at radius 1 is 1.00 bits per heavy atom. The molecule has 0 aliphatic carbocycles. The number of benzene rings is 3. The molecule has 3 aromatic carbocycles. The molecule has 0 bridgehead atoms. The molecule has 2 aliphatic rings. The quantitative estimate of drug-likeness (QED) is 0.754. The number of nitrogens with one attached hydrogen (secondary N) is 1. The summed E-state index contributed by atoms with van der Waals surface area (Å²) in [5.41, 5.74) is 5.64. The molecule has 0 saturated carbocycles. The van der Waals surface area contributed by atoms with Gasteiger partial charge in [0.2, 0.25) is 0 Å². The maximum atomic E-state index is 12.8. The number of rotatable bonds is 3. The second-order valence-corrected chi connectivity index (χ2v) is 7.42. The van der Waals surface area contributed by atoms with E-state index in [1.165, 1.54) is 16.7 Å². The first-order valence-electron chi connectivity index (χ1n) is 9.62. The van der Waals surface area contributed by atoms with E-state index < -0.39 is 0 Å². The fourth-order valence-electron chi connectivity index (χ4n) is 4.49. The molecule has 28 heavy (non-hydrogen) atoms. The average molecular weight is 370 g/mol. The summed E-state index contributed by atoms with van der Waals surface area (Å²) in [5.74, 6) is 1.04. The molecule has 0 fully saturated rings. The van der Waals surface area contributed by atoms with Crippen molar-refractivity contribution in [2.45, 2.75) is 25.0 Å². The van der Waals surface area contributed by atoms with E-state index in [1.54, 1.807) is 7.11 Å². The summed E-state index contributed by atoms with van der Waals surface area (Å²) < 4.78 is 5.29. The molecule has 5 rings (SSSR count). The van der Waals surface area contributed by atoms with Gasteiger partial charge < -0.3 is 15.0 Å². The summed E-state index contributed by atoms with van der Waals surface area (Å²) in [6, 6.07) is 24.7. The standard InChI is InChI=1S/C24H22N2O2/c1-28-18-12-10-16(11-13-18)14-21-19-7-3-2-6-17(19)15-26-22-9-5-4-8-20(22)24(27)25-23(21)26/h2-13,21,23H,14-15H2,1H3,(H,25,27)/t21-,23-/m1/s1. The molecule has 4 heteroatoms. The van der Waals surface area contributed by atoms with Gasteiger partial charge in [-0.05, 0) is 47.4 Å². The third kappa shape index (κ3) is 2.73. The van der Waals surface area contributed by atoms with E-state index in [0.717, 1.165) is 30.0 Å². The third-order valence-corrected chi connectivity index (χ3v) is 5.86. The van der Waals surface area contributed by atoms with Crippen LogP contribution in [0.25, 0.3) is 0 Å². The van der Waals surface area contributed by atoms with Gasteiger partial charge in [-0.25, -0.2) is 0 Å². The molecular weight excluding hydrogens is 348 g/mol. The number of hydrogen-bond acceptors (Lipinski definition) is 3. The molecule has 2 heterocycles. The number of nitrogens with zero attached hydrogens (tertiary/aromatic N) is 1. The second-order valence-electron chi connectivity index (χ2n) is 7.42. The monoisotopic (exact) mass is 370 g/mol. The first kappa shape index (κ1) is 16.9. The van der Waals surface area contributed by atoms with Crippen LogP contribution in [-0.2, 0) is 13.0 Å². The first-order valence-corrected chi connectivity index (χ1v) is 9.62. The van der Waals surface area contributed by atoms with Crippen LogP contribution in [0.5, 0.6) is 5.75 Å². The number of methoxy groups -OCH3 is 1. The number of fused-ring (bicyclic) bond motifs is 4. The Morgan fingerprint density at radius 2 is 1.75 bits per heavy atom. The van der Waals surface area contributed by atoms with Gasteiger partial charge in [0.15, 0.2) is 0 Å². The van der Waals surface area contributed by atoms with Gasteiger partial charge in [0.1, 0.15) is 11.9 Å². The summed E-state index contributed by atoms with van der Waals surface area (Å²) in [6.07, 6.45) is 0.796. The molecule has 2 atom stereocenters. The fraction of sp³-hybridized carbons (Fsp3) is 0.208. The highest BCUT2D eigenvalue weighted by Gasteiger charge is 2.40. The van der Waals surface area contributed by atoms with Gasteiger partial charge in [0.25, 0.3) is 5.91 Å². The van der Waals surface area contributed by atoms with Crippen LogP contribution in [0, 0.1) is 0 Å². The van der Waals surface area contributed by atoms with E-state index >= 15 is 0 Å². The maximum Gasteiger partial charge on any atom is 0.254 e. The Balaban J connectivity index is 1.57. The van der Waals surface area contributed by atoms with Gasteiger partial charge in [-0.3, -0.25) is 4.79 Å². The number of anilines is 1. The van der Waals surface area contributed by atoms with Crippen molar-refractivity contribution in [1.82, 2.24) is 5.32 Å². The molecule has 4 nitrogen and oxygen atoms in total. The molecule has 0 spiro atoms. The average Bonchev–Trinajstić information content (AvgIpc) is 2.75. The van der Waals surface area contributed by atoms with Crippen LogP contribution in [-0.4, -0.2) is 19.2 Å². The topological polar surface area (TPSA) is 41.6 Å². The van der Waals surface area contributed by atoms with Crippen LogP contribution in [0.1, 0.15) is 33.0 Å². The van der Waals surface area contributed by atoms with Crippen molar-refractivity contribution < 1.29 is 9.53 Å². The predicted octanol–water partition coefficient (Wildman–Crippen LogP) is 4.11. The molecule has 0 radical (unpaired) electrons. The Labute approximate surface area is 164 Å². The fourth-order valence-corrected chi connectivity index (χ4v) is 4.49. The van der Waals surface area contributed by atoms with Gasteiger partial charge >= 0.3 is 0 Å². The minimum Gasteiger partial charge on any atom is -0.497 e. The Hall–Kier alpha value is -3.27. The highest BCUT2D eigenvalue weighted by Crippen LogP contribution is 2.40. The lowest BCUT2D eigenvalue weighted by atomic mass is 9.81. The lowest BCUT2D eigenvalue weighted by Crippen LogP contribution is -2.57. The Kier molecular flexibility index (Phi) is 4.05. The van der Waals surface area contributed by atoms with Crippen molar-refractivity contribution in [3.8, 4) is 5.75 Å². The van der Waals surface area contributed by atoms with Crippen molar-refractivity contribution >= 4 is 11.6 Å². The molecule has 1 amide bonds. The van der Waals surface area contributed by atoms with Crippen molar-refractivity contribution in [3.63, 3.8) is 0 Å². The SMILES string of the molecule is COc1ccc(C[C@@H]2c3ccccc3CN3c4ccccc4C(=O)N[C@@H]23)cc1. The van der Waals surface area contributed by atoms with Crippen molar-refractivity contribution in [3.05, 3.63) is 95.1 Å². The summed E-state index contributed by atoms with van der Waals surface area (Å²) in [6.45, 7) is 0.803.